The molecule has 23 heavy (non-hydrogen) atoms. The molecule has 1 spiro atoms. The van der Waals surface area contributed by atoms with E-state index >= 15 is 0 Å². The second-order valence-electron chi connectivity index (χ2n) is 5.72. The lowest BCUT2D eigenvalue weighted by Crippen LogP contribution is -2.43. The first kappa shape index (κ1) is 15.6. The van der Waals surface area contributed by atoms with Crippen LogP contribution in [0.15, 0.2) is 24.2 Å². The van der Waals surface area contributed by atoms with Crippen molar-refractivity contribution in [3.63, 3.8) is 0 Å². The summed E-state index contributed by atoms with van der Waals surface area (Å²) in [6, 6.07) is 0. The van der Waals surface area contributed by atoms with E-state index in [9.17, 15) is 9.59 Å². The number of piperidine rings is 1. The molecule has 0 aromatic carbocycles. The summed E-state index contributed by atoms with van der Waals surface area (Å²) in [6.45, 7) is 8.81. The number of imide groups is 1. The summed E-state index contributed by atoms with van der Waals surface area (Å²) in [5.41, 5.74) is -0.518. The molecule has 1 N–H and O–H groups in total. The van der Waals surface area contributed by atoms with Crippen LogP contribution in [0.2, 0.25) is 0 Å². The van der Waals surface area contributed by atoms with Crippen LogP contribution in [0.3, 0.4) is 0 Å². The Hall–Kier alpha value is -2.28. The SMILES string of the molecule is C=CC=Nc1nc(N2CCC3(CC2)CC(=O)NC3=O)sc1C=C. The Morgan fingerprint density at radius 2 is 2.04 bits per heavy atom. The summed E-state index contributed by atoms with van der Waals surface area (Å²) in [6.07, 6.45) is 6.59. The minimum Gasteiger partial charge on any atom is -0.348 e. The van der Waals surface area contributed by atoms with Crippen LogP contribution in [0, 0.1) is 5.41 Å². The molecule has 2 aliphatic rings. The highest BCUT2D eigenvalue weighted by Crippen LogP contribution is 2.41. The van der Waals surface area contributed by atoms with Crippen molar-refractivity contribution >= 4 is 46.4 Å². The second-order valence-corrected chi connectivity index (χ2v) is 6.73. The monoisotopic (exact) mass is 330 g/mol. The summed E-state index contributed by atoms with van der Waals surface area (Å²) in [5.74, 6) is 0.353. The Bertz CT molecular complexity index is 699. The number of aromatic nitrogens is 1. The number of amides is 2. The van der Waals surface area contributed by atoms with Crippen LogP contribution in [0.4, 0.5) is 10.9 Å². The number of nitrogens with zero attached hydrogens (tertiary/aromatic N) is 3. The number of carbonyl (C=O) groups excluding carboxylic acids is 2. The van der Waals surface area contributed by atoms with E-state index in [1.807, 2.05) is 0 Å². The van der Waals surface area contributed by atoms with E-state index in [4.69, 9.17) is 0 Å². The molecule has 0 saturated carbocycles. The van der Waals surface area contributed by atoms with Crippen molar-refractivity contribution in [3.05, 3.63) is 24.1 Å². The quantitative estimate of drug-likeness (QED) is 0.679. The van der Waals surface area contributed by atoms with Crippen LogP contribution in [0.25, 0.3) is 6.08 Å². The Morgan fingerprint density at radius 1 is 1.30 bits per heavy atom. The molecule has 2 fully saturated rings. The molecule has 3 rings (SSSR count). The van der Waals surface area contributed by atoms with Gasteiger partial charge in [0.1, 0.15) is 0 Å². The third kappa shape index (κ3) is 2.84. The zero-order valence-corrected chi connectivity index (χ0v) is 13.6. The maximum Gasteiger partial charge on any atom is 0.233 e. The number of anilines is 1. The lowest BCUT2D eigenvalue weighted by atomic mass is 9.77. The van der Waals surface area contributed by atoms with Gasteiger partial charge in [0.2, 0.25) is 11.8 Å². The predicted octanol–water partition coefficient (Wildman–Crippen LogP) is 2.31. The normalized spacial score (nSPS) is 20.3. The molecule has 2 saturated heterocycles. The Kier molecular flexibility index (Phi) is 4.12. The third-order valence-electron chi connectivity index (χ3n) is 4.34. The lowest BCUT2D eigenvalue weighted by Gasteiger charge is -2.36. The summed E-state index contributed by atoms with van der Waals surface area (Å²) < 4.78 is 0. The summed E-state index contributed by atoms with van der Waals surface area (Å²) >= 11 is 1.53. The highest BCUT2D eigenvalue weighted by atomic mass is 32.1. The number of aliphatic imine (C=N–C) groups is 1. The van der Waals surface area contributed by atoms with Crippen molar-refractivity contribution in [1.29, 1.82) is 0 Å². The fourth-order valence-corrected chi connectivity index (χ4v) is 3.93. The van der Waals surface area contributed by atoms with E-state index in [1.165, 1.54) is 11.3 Å². The van der Waals surface area contributed by atoms with Crippen molar-refractivity contribution < 1.29 is 9.59 Å². The van der Waals surface area contributed by atoms with E-state index in [0.717, 1.165) is 10.0 Å². The molecule has 7 heteroatoms. The van der Waals surface area contributed by atoms with E-state index in [-0.39, 0.29) is 11.8 Å². The summed E-state index contributed by atoms with van der Waals surface area (Å²) in [7, 11) is 0. The van der Waals surface area contributed by atoms with Gasteiger partial charge in [-0.25, -0.2) is 4.99 Å². The maximum atomic E-state index is 12.0. The van der Waals surface area contributed by atoms with Gasteiger partial charge in [0.25, 0.3) is 0 Å². The number of allylic oxidation sites excluding steroid dienone is 1. The van der Waals surface area contributed by atoms with E-state index in [1.54, 1.807) is 18.4 Å². The molecular weight excluding hydrogens is 312 g/mol. The fraction of sp³-hybridized carbons (Fsp3) is 0.375. The third-order valence-corrected chi connectivity index (χ3v) is 5.44. The van der Waals surface area contributed by atoms with Crippen molar-refractivity contribution in [2.24, 2.45) is 10.4 Å². The lowest BCUT2D eigenvalue weighted by molar-refractivity contribution is -0.129. The number of rotatable bonds is 4. The van der Waals surface area contributed by atoms with Crippen molar-refractivity contribution in [2.45, 2.75) is 19.3 Å². The van der Waals surface area contributed by atoms with E-state index < -0.39 is 5.41 Å². The van der Waals surface area contributed by atoms with Gasteiger partial charge >= 0.3 is 0 Å². The predicted molar refractivity (Wildman–Crippen MR) is 92.2 cm³/mol. The smallest absolute Gasteiger partial charge is 0.233 e. The van der Waals surface area contributed by atoms with Crippen molar-refractivity contribution in [1.82, 2.24) is 10.3 Å². The number of hydrogen-bond donors (Lipinski definition) is 1. The van der Waals surface area contributed by atoms with E-state index in [0.29, 0.717) is 38.2 Å². The van der Waals surface area contributed by atoms with Crippen LogP contribution < -0.4 is 10.2 Å². The second kappa shape index (κ2) is 6.08. The molecule has 0 radical (unpaired) electrons. The van der Waals surface area contributed by atoms with Gasteiger partial charge < -0.3 is 4.90 Å². The molecule has 2 amide bonds. The van der Waals surface area contributed by atoms with Gasteiger partial charge in [-0.05, 0) is 18.9 Å². The first-order valence-corrected chi connectivity index (χ1v) is 8.27. The van der Waals surface area contributed by atoms with Gasteiger partial charge in [-0.3, -0.25) is 14.9 Å². The molecule has 0 unspecified atom stereocenters. The fourth-order valence-electron chi connectivity index (χ4n) is 3.02. The molecule has 1 aromatic heterocycles. The van der Waals surface area contributed by atoms with Crippen molar-refractivity contribution in [2.75, 3.05) is 18.0 Å². The average molecular weight is 330 g/mol. The number of thiazole rings is 1. The molecular formula is C16H18N4O2S. The van der Waals surface area contributed by atoms with Gasteiger partial charge in [0.15, 0.2) is 10.9 Å². The first-order valence-electron chi connectivity index (χ1n) is 7.45. The largest absolute Gasteiger partial charge is 0.348 e. The molecule has 6 nitrogen and oxygen atoms in total. The molecule has 2 aliphatic heterocycles. The van der Waals surface area contributed by atoms with Gasteiger partial charge in [0, 0.05) is 25.7 Å². The van der Waals surface area contributed by atoms with E-state index in [2.05, 4.69) is 33.4 Å². The molecule has 0 bridgehead atoms. The summed E-state index contributed by atoms with van der Waals surface area (Å²) in [5, 5.41) is 3.30. The number of hydrogen-bond acceptors (Lipinski definition) is 6. The van der Waals surface area contributed by atoms with Crippen LogP contribution in [0.5, 0.6) is 0 Å². The van der Waals surface area contributed by atoms with Gasteiger partial charge in [-0.15, -0.1) is 0 Å². The number of nitrogens with one attached hydrogen (secondary N) is 1. The van der Waals surface area contributed by atoms with Gasteiger partial charge in [-0.2, -0.15) is 4.98 Å². The Labute approximate surface area is 138 Å². The Morgan fingerprint density at radius 3 is 2.61 bits per heavy atom. The zero-order valence-electron chi connectivity index (χ0n) is 12.7. The minimum absolute atomic E-state index is 0.121. The molecule has 1 aromatic rings. The number of carbonyl (C=O) groups is 2. The molecule has 120 valence electrons. The highest BCUT2D eigenvalue weighted by Gasteiger charge is 2.48. The van der Waals surface area contributed by atoms with Gasteiger partial charge in [0.05, 0.1) is 10.3 Å². The molecule has 0 aliphatic carbocycles. The standard InChI is InChI=1S/C16H18N4O2S/c1-3-7-17-13-11(4-2)23-15(19-13)20-8-5-16(6-9-20)10-12(21)18-14(16)22/h3-4,7H,1-2,5-6,8-10H2,(H,18,21,22). The average Bonchev–Trinajstić information content (AvgIpc) is 3.07. The highest BCUT2D eigenvalue weighted by molar-refractivity contribution is 7.17. The zero-order chi connectivity index (χ0) is 16.4. The van der Waals surface area contributed by atoms with Crippen LogP contribution in [0.1, 0.15) is 24.1 Å². The minimum atomic E-state index is -0.518. The van der Waals surface area contributed by atoms with Crippen LogP contribution >= 0.6 is 11.3 Å². The topological polar surface area (TPSA) is 74.7 Å². The summed E-state index contributed by atoms with van der Waals surface area (Å²) in [4.78, 5) is 35.4. The molecule has 0 atom stereocenters. The molecule has 3 heterocycles. The first-order chi connectivity index (χ1) is 11.1. The van der Waals surface area contributed by atoms with Crippen molar-refractivity contribution in [3.8, 4) is 0 Å². The maximum absolute atomic E-state index is 12.0. The van der Waals surface area contributed by atoms with Crippen LogP contribution in [-0.4, -0.2) is 36.1 Å². The Balaban J connectivity index is 1.75. The van der Waals surface area contributed by atoms with Crippen LogP contribution in [-0.2, 0) is 9.59 Å². The van der Waals surface area contributed by atoms with Gasteiger partial charge in [-0.1, -0.05) is 30.6 Å².